The average molecular weight is 461 g/mol. The second-order valence-electron chi connectivity index (χ2n) is 5.10. The molecule has 0 aliphatic heterocycles. The molecule has 0 radical (unpaired) electrons. The maximum Gasteiger partial charge on any atom is 2.00 e. The first-order valence-electron chi connectivity index (χ1n) is 7.13. The zero-order chi connectivity index (χ0) is 13.6. The van der Waals surface area contributed by atoms with Crippen LogP contribution in [0, 0.1) is 0 Å². The van der Waals surface area contributed by atoms with E-state index in [1.165, 1.54) is 12.8 Å². The van der Waals surface area contributed by atoms with Crippen LogP contribution < -0.4 is 9.97 Å². The third-order valence-electron chi connectivity index (χ3n) is 3.64. The van der Waals surface area contributed by atoms with Gasteiger partial charge in [-0.1, -0.05) is 37.1 Å². The van der Waals surface area contributed by atoms with E-state index in [4.69, 9.17) is 0 Å². The van der Waals surface area contributed by atoms with Gasteiger partial charge < -0.3 is 9.97 Å². The Morgan fingerprint density at radius 1 is 0.857 bits per heavy atom. The van der Waals surface area contributed by atoms with E-state index in [1.807, 2.05) is 36.7 Å². The Balaban J connectivity index is 0.00000161. The second-order valence-corrected chi connectivity index (χ2v) is 5.10. The van der Waals surface area contributed by atoms with Gasteiger partial charge in [0.1, 0.15) is 0 Å². The Morgan fingerprint density at radius 2 is 1.33 bits per heavy atom. The molecule has 1 aliphatic carbocycles. The van der Waals surface area contributed by atoms with Gasteiger partial charge >= 0.3 is 21.1 Å². The molecule has 2 atom stereocenters. The molecule has 0 aromatic carbocycles. The Bertz CT molecular complexity index is 505. The van der Waals surface area contributed by atoms with Gasteiger partial charge in [-0.3, -0.25) is 9.98 Å². The van der Waals surface area contributed by atoms with Crippen molar-refractivity contribution in [2.45, 2.75) is 37.8 Å². The van der Waals surface area contributed by atoms with E-state index in [0.717, 1.165) is 24.2 Å². The van der Waals surface area contributed by atoms with Crippen LogP contribution >= 0.6 is 0 Å². The van der Waals surface area contributed by atoms with Crippen LogP contribution in [0.4, 0.5) is 0 Å². The maximum absolute atomic E-state index is 4.69. The van der Waals surface area contributed by atoms with Crippen molar-refractivity contribution in [3.05, 3.63) is 48.0 Å². The number of nitrogens with zero attached hydrogens (tertiary/aromatic N) is 4. The Hall–Kier alpha value is -1.41. The molecular formula is C16H18N4Pt. The van der Waals surface area contributed by atoms with Gasteiger partial charge in [0.15, 0.2) is 0 Å². The minimum Gasteiger partial charge on any atom is -0.663 e. The molecule has 1 saturated carbocycles. The van der Waals surface area contributed by atoms with Crippen LogP contribution in [-0.4, -0.2) is 24.5 Å². The van der Waals surface area contributed by atoms with E-state index >= 15 is 0 Å². The second kappa shape index (κ2) is 8.13. The molecule has 1 fully saturated rings. The summed E-state index contributed by atoms with van der Waals surface area (Å²) in [5.41, 5.74) is 1.85. The van der Waals surface area contributed by atoms with Gasteiger partial charge in [0, 0.05) is 12.4 Å². The van der Waals surface area contributed by atoms with Crippen molar-refractivity contribution in [2.75, 3.05) is 0 Å². The first-order chi connectivity index (χ1) is 9.92. The van der Waals surface area contributed by atoms with Gasteiger partial charge in [-0.05, 0) is 12.8 Å². The van der Waals surface area contributed by atoms with Gasteiger partial charge in [0.05, 0.1) is 12.1 Å². The minimum atomic E-state index is 0. The van der Waals surface area contributed by atoms with Crippen molar-refractivity contribution >= 4 is 12.4 Å². The first kappa shape index (κ1) is 16.0. The number of hydrogen-bond acceptors (Lipinski definition) is 2. The van der Waals surface area contributed by atoms with Gasteiger partial charge in [-0.25, -0.2) is 0 Å². The number of aliphatic imine (C=N–C) groups is 2. The van der Waals surface area contributed by atoms with Crippen molar-refractivity contribution in [1.82, 2.24) is 9.97 Å². The topological polar surface area (TPSA) is 52.9 Å². The van der Waals surface area contributed by atoms with E-state index in [9.17, 15) is 0 Å². The molecular weight excluding hydrogens is 443 g/mol. The third-order valence-corrected chi connectivity index (χ3v) is 3.64. The zero-order valence-corrected chi connectivity index (χ0v) is 14.0. The molecule has 4 nitrogen and oxygen atoms in total. The van der Waals surface area contributed by atoms with Crippen LogP contribution in [0.1, 0.15) is 37.1 Å². The number of hydrogen-bond donors (Lipinski definition) is 0. The molecule has 0 N–H and O–H groups in total. The van der Waals surface area contributed by atoms with Crippen molar-refractivity contribution < 1.29 is 21.1 Å². The van der Waals surface area contributed by atoms with Crippen LogP contribution in [0.3, 0.4) is 0 Å². The molecule has 2 unspecified atom stereocenters. The Kier molecular flexibility index (Phi) is 6.18. The SMILES string of the molecule is C(=NC1CCCCC1N=Cc1ccc[n-]1)c1ccc[n-]1.[Pt+2]. The largest absolute Gasteiger partial charge is 2.00 e. The van der Waals surface area contributed by atoms with Gasteiger partial charge in [0.2, 0.25) is 0 Å². The summed E-state index contributed by atoms with van der Waals surface area (Å²) in [5, 5.41) is 0. The molecule has 2 aromatic heterocycles. The molecule has 2 heterocycles. The normalized spacial score (nSPS) is 22.7. The summed E-state index contributed by atoms with van der Waals surface area (Å²) in [5.74, 6) is 0. The van der Waals surface area contributed by atoms with Crippen LogP contribution in [0.2, 0.25) is 0 Å². The molecule has 21 heavy (non-hydrogen) atoms. The summed E-state index contributed by atoms with van der Waals surface area (Å²) in [6, 6.07) is 8.34. The monoisotopic (exact) mass is 461 g/mol. The maximum atomic E-state index is 4.69. The standard InChI is InChI=1S/C16H18N4.Pt/c1-2-8-16(20-12-14-6-4-10-18-14)15(7-1)19-11-13-5-3-9-17-13;/h3-6,9-12,15-16H,1-2,7-8H2;/q-2;+2. The van der Waals surface area contributed by atoms with E-state index in [2.05, 4.69) is 20.0 Å². The van der Waals surface area contributed by atoms with Gasteiger partial charge in [-0.2, -0.15) is 12.4 Å². The number of rotatable bonds is 4. The van der Waals surface area contributed by atoms with Crippen LogP contribution in [-0.2, 0) is 21.1 Å². The van der Waals surface area contributed by atoms with E-state index in [-0.39, 0.29) is 33.1 Å². The molecule has 0 bridgehead atoms. The first-order valence-corrected chi connectivity index (χ1v) is 7.13. The predicted octanol–water partition coefficient (Wildman–Crippen LogP) is 2.45. The summed E-state index contributed by atoms with van der Waals surface area (Å²) in [4.78, 5) is 17.8. The van der Waals surface area contributed by atoms with Crippen molar-refractivity contribution in [2.24, 2.45) is 9.98 Å². The molecule has 0 saturated heterocycles. The molecule has 0 amide bonds. The Morgan fingerprint density at radius 3 is 1.71 bits per heavy atom. The zero-order valence-electron chi connectivity index (χ0n) is 11.7. The fraction of sp³-hybridized carbons (Fsp3) is 0.375. The minimum absolute atomic E-state index is 0. The molecule has 3 rings (SSSR count). The molecule has 0 spiro atoms. The molecule has 1 aliphatic rings. The van der Waals surface area contributed by atoms with E-state index < -0.39 is 0 Å². The molecule has 112 valence electrons. The van der Waals surface area contributed by atoms with Crippen LogP contribution in [0.5, 0.6) is 0 Å². The summed E-state index contributed by atoms with van der Waals surface area (Å²) in [7, 11) is 0. The summed E-state index contributed by atoms with van der Waals surface area (Å²) in [6.45, 7) is 0. The predicted molar refractivity (Wildman–Crippen MR) is 80.8 cm³/mol. The van der Waals surface area contributed by atoms with E-state index in [1.54, 1.807) is 12.4 Å². The van der Waals surface area contributed by atoms with Crippen LogP contribution in [0.15, 0.2) is 46.6 Å². The summed E-state index contributed by atoms with van der Waals surface area (Å²) >= 11 is 0. The average Bonchev–Trinajstić information content (AvgIpc) is 3.17. The Labute approximate surface area is 139 Å². The van der Waals surface area contributed by atoms with E-state index in [0.29, 0.717) is 0 Å². The molecule has 2 aromatic rings. The fourth-order valence-electron chi connectivity index (χ4n) is 2.56. The summed E-state index contributed by atoms with van der Waals surface area (Å²) < 4.78 is 0. The third kappa shape index (κ3) is 4.53. The smallest absolute Gasteiger partial charge is 0.663 e. The number of aromatic nitrogens is 2. The van der Waals surface area contributed by atoms with Crippen molar-refractivity contribution in [3.8, 4) is 0 Å². The van der Waals surface area contributed by atoms with Gasteiger partial charge in [-0.15, -0.1) is 11.4 Å². The molecule has 5 heteroatoms. The summed E-state index contributed by atoms with van der Waals surface area (Å²) in [6.07, 6.45) is 12.0. The van der Waals surface area contributed by atoms with Crippen LogP contribution in [0.25, 0.3) is 0 Å². The quantitative estimate of drug-likeness (QED) is 0.657. The van der Waals surface area contributed by atoms with Crippen molar-refractivity contribution in [3.63, 3.8) is 0 Å². The van der Waals surface area contributed by atoms with Crippen molar-refractivity contribution in [1.29, 1.82) is 0 Å². The van der Waals surface area contributed by atoms with Gasteiger partial charge in [0.25, 0.3) is 0 Å². The fourth-order valence-corrected chi connectivity index (χ4v) is 2.56.